The molecule has 0 unspecified atom stereocenters. The molecule has 2 aromatic carbocycles. The van der Waals surface area contributed by atoms with Crippen molar-refractivity contribution in [2.75, 3.05) is 12.5 Å². The molecule has 0 aliphatic heterocycles. The number of aromatic nitrogens is 3. The van der Waals surface area contributed by atoms with Gasteiger partial charge in [-0.1, -0.05) is 36.4 Å². The maximum Gasteiger partial charge on any atom is 0.287 e. The second kappa shape index (κ2) is 12.7. The van der Waals surface area contributed by atoms with Gasteiger partial charge in [-0.25, -0.2) is 10.3 Å². The van der Waals surface area contributed by atoms with Crippen LogP contribution >= 0.6 is 11.8 Å². The summed E-state index contributed by atoms with van der Waals surface area (Å²) in [6.45, 7) is 0. The van der Waals surface area contributed by atoms with Crippen LogP contribution in [0.4, 0.5) is 4.70 Å². The Bertz CT molecular complexity index is 746. The normalized spacial score (nSPS) is 8.88. The van der Waals surface area contributed by atoms with E-state index in [1.807, 2.05) is 42.8 Å². The predicted octanol–water partition coefficient (Wildman–Crippen LogP) is 2.92. The van der Waals surface area contributed by atoms with Gasteiger partial charge < -0.3 is 10.2 Å². The molecule has 8 heteroatoms. The Hall–Kier alpha value is -2.74. The van der Waals surface area contributed by atoms with Crippen molar-refractivity contribution in [1.82, 2.24) is 15.4 Å². The highest BCUT2D eigenvalue weighted by Crippen LogP contribution is 2.14. The van der Waals surface area contributed by atoms with Gasteiger partial charge in [0.05, 0.1) is 0 Å². The molecule has 1 heterocycles. The van der Waals surface area contributed by atoms with Gasteiger partial charge in [0.15, 0.2) is 0 Å². The lowest BCUT2D eigenvalue weighted by molar-refractivity contribution is 0.450. The molecule has 0 radical (unpaired) electrons. The molecule has 0 bridgehead atoms. The summed E-state index contributed by atoms with van der Waals surface area (Å²) in [5.41, 5.74) is 1.45. The number of phenolic OH excluding ortho intramolecular Hbond substituents is 2. The number of H-pyrrole nitrogens is 2. The van der Waals surface area contributed by atoms with E-state index in [0.29, 0.717) is 12.1 Å². The van der Waals surface area contributed by atoms with Gasteiger partial charge in [0.1, 0.15) is 17.2 Å². The van der Waals surface area contributed by atoms with E-state index in [-0.39, 0.29) is 21.8 Å². The quantitative estimate of drug-likeness (QED) is 0.558. The largest absolute Gasteiger partial charge is 0.508 e. The summed E-state index contributed by atoms with van der Waals surface area (Å²) in [7, 11) is 0. The van der Waals surface area contributed by atoms with Crippen molar-refractivity contribution in [3.8, 4) is 11.5 Å². The van der Waals surface area contributed by atoms with Crippen molar-refractivity contribution >= 4 is 11.8 Å². The average molecular weight is 367 g/mol. The molecule has 3 rings (SSSR count). The Kier molecular flexibility index (Phi) is 11.3. The molecule has 0 spiro atoms. The minimum Gasteiger partial charge on any atom is -0.508 e. The van der Waals surface area contributed by atoms with Gasteiger partial charge in [0.25, 0.3) is 5.56 Å². The molecule has 136 valence electrons. The van der Waals surface area contributed by atoms with E-state index >= 15 is 0 Å². The number of benzene rings is 2. The maximum absolute atomic E-state index is 11.1. The fourth-order valence-electron chi connectivity index (χ4n) is 1.67. The van der Waals surface area contributed by atoms with Crippen LogP contribution in [0.15, 0.2) is 59.4 Å². The number of aromatic hydroxyl groups is 2. The van der Waals surface area contributed by atoms with Crippen molar-refractivity contribution in [2.45, 2.75) is 6.42 Å². The van der Waals surface area contributed by atoms with Crippen LogP contribution in [0.25, 0.3) is 0 Å². The summed E-state index contributed by atoms with van der Waals surface area (Å²) in [6, 6.07) is 15.6. The molecular formula is C17H22FN3O3S. The molecule has 0 saturated heterocycles. The molecular weight excluding hydrogens is 345 g/mol. The number of rotatable bonds is 2. The van der Waals surface area contributed by atoms with Gasteiger partial charge >= 0.3 is 0 Å². The van der Waals surface area contributed by atoms with Crippen molar-refractivity contribution < 1.29 is 14.9 Å². The smallest absolute Gasteiger partial charge is 0.287 e. The standard InChI is InChI=1S/C9H9N3O.C6H6O2.C2H6S.FH/c13-9-8(10-12-11-9)6-7-4-2-1-3-5-7;7-5-2-1-3-6(8)4-5;1-3-2;/h1-5H,6H2,(H2,10,11,12,13);1-4,7-8H;1-2H3;1H. The van der Waals surface area contributed by atoms with Crippen LogP contribution in [0.5, 0.6) is 11.5 Å². The lowest BCUT2D eigenvalue weighted by atomic mass is 10.1. The lowest BCUT2D eigenvalue weighted by Gasteiger charge is -1.94. The van der Waals surface area contributed by atoms with Crippen molar-refractivity contribution in [3.63, 3.8) is 0 Å². The zero-order valence-electron chi connectivity index (χ0n) is 14.0. The van der Waals surface area contributed by atoms with Gasteiger partial charge in [0.2, 0.25) is 0 Å². The topological polar surface area (TPSA) is 102 Å². The molecule has 0 atom stereocenters. The van der Waals surface area contributed by atoms with Gasteiger partial charge in [-0.15, -0.1) is 0 Å². The third-order valence-corrected chi connectivity index (χ3v) is 2.67. The highest BCUT2D eigenvalue weighted by Gasteiger charge is 2.02. The molecule has 0 aliphatic carbocycles. The number of nitrogens with one attached hydrogen (secondary N) is 2. The molecule has 0 amide bonds. The van der Waals surface area contributed by atoms with Crippen LogP contribution in [0, 0.1) is 0 Å². The highest BCUT2D eigenvalue weighted by molar-refractivity contribution is 7.97. The predicted molar refractivity (Wildman–Crippen MR) is 100 cm³/mol. The third kappa shape index (κ3) is 9.21. The Morgan fingerprint density at radius 2 is 1.56 bits per heavy atom. The number of phenols is 2. The Morgan fingerprint density at radius 3 is 1.96 bits per heavy atom. The van der Waals surface area contributed by atoms with Crippen LogP contribution in [-0.4, -0.2) is 38.1 Å². The first-order chi connectivity index (χ1) is 11.6. The fraction of sp³-hybridized carbons (Fsp3) is 0.176. The molecule has 25 heavy (non-hydrogen) atoms. The minimum atomic E-state index is -0.149. The highest BCUT2D eigenvalue weighted by atomic mass is 32.2. The maximum atomic E-state index is 11.1. The lowest BCUT2D eigenvalue weighted by Crippen LogP contribution is -2.06. The number of thioether (sulfide) groups is 1. The van der Waals surface area contributed by atoms with Crippen LogP contribution in [-0.2, 0) is 6.42 Å². The molecule has 0 saturated carbocycles. The molecule has 6 nitrogen and oxygen atoms in total. The summed E-state index contributed by atoms with van der Waals surface area (Å²) in [6.07, 6.45) is 4.65. The number of halogens is 1. The van der Waals surface area contributed by atoms with Crippen LogP contribution in [0.1, 0.15) is 11.3 Å². The Labute approximate surface area is 149 Å². The van der Waals surface area contributed by atoms with Gasteiger partial charge in [-0.2, -0.15) is 16.9 Å². The van der Waals surface area contributed by atoms with E-state index in [0.717, 1.165) is 5.56 Å². The van der Waals surface area contributed by atoms with Gasteiger partial charge in [0, 0.05) is 12.5 Å². The summed E-state index contributed by atoms with van der Waals surface area (Å²) < 4.78 is 0. The van der Waals surface area contributed by atoms with Crippen LogP contribution < -0.4 is 5.56 Å². The van der Waals surface area contributed by atoms with Crippen molar-refractivity contribution in [3.05, 3.63) is 76.2 Å². The number of nitrogens with zero attached hydrogens (tertiary/aromatic N) is 1. The summed E-state index contributed by atoms with van der Waals surface area (Å²) in [5.74, 6) is 0.176. The Balaban J connectivity index is 0.000000415. The van der Waals surface area contributed by atoms with Gasteiger partial charge in [-0.3, -0.25) is 9.50 Å². The molecule has 4 N–H and O–H groups in total. The number of hydrogen-bond acceptors (Lipinski definition) is 5. The number of aromatic amines is 2. The van der Waals surface area contributed by atoms with E-state index in [4.69, 9.17) is 10.2 Å². The van der Waals surface area contributed by atoms with E-state index in [1.54, 1.807) is 17.8 Å². The third-order valence-electron chi connectivity index (χ3n) is 2.67. The second-order valence-corrected chi connectivity index (χ2v) is 5.53. The average Bonchev–Trinajstić information content (AvgIpc) is 2.95. The van der Waals surface area contributed by atoms with E-state index < -0.39 is 0 Å². The first kappa shape index (κ1) is 22.3. The van der Waals surface area contributed by atoms with E-state index in [9.17, 15) is 4.79 Å². The molecule has 1 aromatic heterocycles. The molecule has 0 aliphatic rings. The summed E-state index contributed by atoms with van der Waals surface area (Å²) in [5, 5.41) is 26.0. The van der Waals surface area contributed by atoms with Gasteiger partial charge in [-0.05, 0) is 30.2 Å². The minimum absolute atomic E-state index is 0. The zero-order chi connectivity index (χ0) is 17.8. The second-order valence-electron chi connectivity index (χ2n) is 4.71. The van der Waals surface area contributed by atoms with E-state index in [1.165, 1.54) is 18.2 Å². The van der Waals surface area contributed by atoms with Crippen LogP contribution in [0.3, 0.4) is 0 Å². The fourth-order valence-corrected chi connectivity index (χ4v) is 1.67. The molecule has 3 aromatic rings. The SMILES string of the molecule is CSC.F.O=c1[nH][nH]nc1Cc1ccccc1.Oc1cccc(O)c1. The first-order valence-corrected chi connectivity index (χ1v) is 8.74. The first-order valence-electron chi connectivity index (χ1n) is 7.10. The molecule has 0 fully saturated rings. The van der Waals surface area contributed by atoms with Crippen molar-refractivity contribution in [1.29, 1.82) is 0 Å². The van der Waals surface area contributed by atoms with E-state index in [2.05, 4.69) is 15.4 Å². The monoisotopic (exact) mass is 367 g/mol. The van der Waals surface area contributed by atoms with Crippen molar-refractivity contribution in [2.24, 2.45) is 0 Å². The zero-order valence-corrected chi connectivity index (χ0v) is 14.8. The summed E-state index contributed by atoms with van der Waals surface area (Å²) in [4.78, 5) is 11.1. The summed E-state index contributed by atoms with van der Waals surface area (Å²) >= 11 is 1.75. The Morgan fingerprint density at radius 1 is 1.00 bits per heavy atom. The number of hydrogen-bond donors (Lipinski definition) is 4. The van der Waals surface area contributed by atoms with Crippen LogP contribution in [0.2, 0.25) is 0 Å².